The number of nitrogens with two attached hydrogens (primary N) is 1. The summed E-state index contributed by atoms with van der Waals surface area (Å²) in [6.07, 6.45) is 2.26. The van der Waals surface area contributed by atoms with Gasteiger partial charge in [-0.15, -0.1) is 11.3 Å². The predicted molar refractivity (Wildman–Crippen MR) is 87.6 cm³/mol. The Balaban J connectivity index is 1.85. The van der Waals surface area contributed by atoms with Crippen LogP contribution in [0.4, 0.5) is 5.13 Å². The maximum atomic E-state index is 12.3. The second-order valence-corrected chi connectivity index (χ2v) is 6.88. The molecule has 6 nitrogen and oxygen atoms in total. The number of rotatable bonds is 5. The first-order valence-corrected chi connectivity index (χ1v) is 8.60. The molecule has 0 spiro atoms. The minimum absolute atomic E-state index is 0.0592. The molecule has 2 rings (SSSR count). The normalized spacial score (nSPS) is 16.1. The first-order chi connectivity index (χ1) is 10.5. The first-order valence-electron chi connectivity index (χ1n) is 7.72. The van der Waals surface area contributed by atoms with E-state index in [4.69, 9.17) is 5.73 Å². The summed E-state index contributed by atoms with van der Waals surface area (Å²) >= 11 is 1.36. The van der Waals surface area contributed by atoms with E-state index in [1.807, 2.05) is 24.1 Å². The van der Waals surface area contributed by atoms with Gasteiger partial charge in [0.25, 0.3) is 0 Å². The zero-order valence-corrected chi connectivity index (χ0v) is 14.0. The molecule has 1 aromatic rings. The molecule has 2 amide bonds. The van der Waals surface area contributed by atoms with E-state index in [1.54, 1.807) is 0 Å². The Bertz CT molecular complexity index is 521. The van der Waals surface area contributed by atoms with E-state index in [0.717, 1.165) is 31.6 Å². The molecule has 7 heteroatoms. The van der Waals surface area contributed by atoms with Gasteiger partial charge in [-0.25, -0.2) is 4.98 Å². The van der Waals surface area contributed by atoms with Gasteiger partial charge in [-0.05, 0) is 25.3 Å². The van der Waals surface area contributed by atoms with Crippen molar-refractivity contribution in [1.29, 1.82) is 0 Å². The second-order valence-electron chi connectivity index (χ2n) is 6.02. The largest absolute Gasteiger partial charge is 0.342 e. The van der Waals surface area contributed by atoms with Crippen LogP contribution in [0, 0.1) is 11.8 Å². The number of piperidine rings is 1. The molecular formula is C15H24N4O2S. The van der Waals surface area contributed by atoms with Crippen LogP contribution >= 0.6 is 11.3 Å². The number of hydrogen-bond donors (Lipinski definition) is 2. The number of thiazole rings is 1. The van der Waals surface area contributed by atoms with Crippen LogP contribution in [0.3, 0.4) is 0 Å². The summed E-state index contributed by atoms with van der Waals surface area (Å²) in [5.74, 6) is 0.498. The fraction of sp³-hybridized carbons (Fsp3) is 0.667. The minimum atomic E-state index is -0.0853. The molecular weight excluding hydrogens is 300 g/mol. The Morgan fingerprint density at radius 3 is 2.73 bits per heavy atom. The summed E-state index contributed by atoms with van der Waals surface area (Å²) in [7, 11) is 0. The SMILES string of the molecule is CC(C)C(=O)Nc1nc(CC(=O)N2CCC(CN)CC2)cs1. The number of carbonyl (C=O) groups is 2. The van der Waals surface area contributed by atoms with E-state index in [9.17, 15) is 9.59 Å². The van der Waals surface area contributed by atoms with Crippen LogP contribution in [0.15, 0.2) is 5.38 Å². The zero-order chi connectivity index (χ0) is 16.1. The summed E-state index contributed by atoms with van der Waals surface area (Å²) in [6, 6.07) is 0. The molecule has 1 aromatic heterocycles. The van der Waals surface area contributed by atoms with Crippen LogP contribution in [0.5, 0.6) is 0 Å². The maximum absolute atomic E-state index is 12.3. The van der Waals surface area contributed by atoms with Crippen molar-refractivity contribution in [3.05, 3.63) is 11.1 Å². The van der Waals surface area contributed by atoms with Gasteiger partial charge >= 0.3 is 0 Å². The molecule has 0 radical (unpaired) electrons. The highest BCUT2D eigenvalue weighted by molar-refractivity contribution is 7.13. The van der Waals surface area contributed by atoms with E-state index in [-0.39, 0.29) is 17.7 Å². The van der Waals surface area contributed by atoms with Gasteiger partial charge in [0.1, 0.15) is 0 Å². The predicted octanol–water partition coefficient (Wildman–Crippen LogP) is 1.48. The molecule has 0 aromatic carbocycles. The van der Waals surface area contributed by atoms with Crippen molar-refractivity contribution >= 4 is 28.3 Å². The Hall–Kier alpha value is -1.47. The van der Waals surface area contributed by atoms with Crippen LogP contribution in [0.25, 0.3) is 0 Å². The quantitative estimate of drug-likeness (QED) is 0.858. The number of nitrogens with zero attached hydrogens (tertiary/aromatic N) is 2. The third-order valence-electron chi connectivity index (χ3n) is 3.94. The van der Waals surface area contributed by atoms with Crippen LogP contribution in [0.1, 0.15) is 32.4 Å². The highest BCUT2D eigenvalue weighted by Gasteiger charge is 2.22. The summed E-state index contributed by atoms with van der Waals surface area (Å²) in [5.41, 5.74) is 6.38. The van der Waals surface area contributed by atoms with Crippen LogP contribution in [0.2, 0.25) is 0 Å². The second kappa shape index (κ2) is 7.69. The van der Waals surface area contributed by atoms with E-state index >= 15 is 0 Å². The van der Waals surface area contributed by atoms with Crippen molar-refractivity contribution < 1.29 is 9.59 Å². The minimum Gasteiger partial charge on any atom is -0.342 e. The molecule has 122 valence electrons. The number of likely N-dealkylation sites (tertiary alicyclic amines) is 1. The summed E-state index contributed by atoms with van der Waals surface area (Å²) in [6.45, 7) is 5.92. The third-order valence-corrected chi connectivity index (χ3v) is 4.75. The van der Waals surface area contributed by atoms with Gasteiger partial charge in [-0.2, -0.15) is 0 Å². The van der Waals surface area contributed by atoms with Gasteiger partial charge in [0.2, 0.25) is 11.8 Å². The summed E-state index contributed by atoms with van der Waals surface area (Å²) in [5, 5.41) is 5.15. The van der Waals surface area contributed by atoms with Crippen molar-refractivity contribution in [2.75, 3.05) is 25.0 Å². The summed E-state index contributed by atoms with van der Waals surface area (Å²) in [4.78, 5) is 30.1. The lowest BCUT2D eigenvalue weighted by molar-refractivity contribution is -0.131. The lowest BCUT2D eigenvalue weighted by Gasteiger charge is -2.31. The van der Waals surface area contributed by atoms with Crippen molar-refractivity contribution in [3.63, 3.8) is 0 Å². The monoisotopic (exact) mass is 324 g/mol. The molecule has 2 heterocycles. The molecule has 1 aliphatic rings. The first kappa shape index (κ1) is 16.9. The topological polar surface area (TPSA) is 88.3 Å². The third kappa shape index (κ3) is 4.51. The number of aromatic nitrogens is 1. The number of amides is 2. The number of hydrogen-bond acceptors (Lipinski definition) is 5. The highest BCUT2D eigenvalue weighted by Crippen LogP contribution is 2.19. The Kier molecular flexibility index (Phi) is 5.90. The molecule has 0 bridgehead atoms. The van der Waals surface area contributed by atoms with Crippen LogP contribution < -0.4 is 11.1 Å². The fourth-order valence-electron chi connectivity index (χ4n) is 2.38. The van der Waals surface area contributed by atoms with Crippen molar-refractivity contribution in [3.8, 4) is 0 Å². The molecule has 22 heavy (non-hydrogen) atoms. The van der Waals surface area contributed by atoms with Gasteiger partial charge < -0.3 is 16.0 Å². The molecule has 1 fully saturated rings. The number of carbonyl (C=O) groups excluding carboxylic acids is 2. The standard InChI is InChI=1S/C15H24N4O2S/c1-10(2)14(21)18-15-17-12(9-22-15)7-13(20)19-5-3-11(8-16)4-6-19/h9-11H,3-8,16H2,1-2H3,(H,17,18,21). The molecule has 3 N–H and O–H groups in total. The molecule has 1 saturated heterocycles. The highest BCUT2D eigenvalue weighted by atomic mass is 32.1. The van der Waals surface area contributed by atoms with E-state index < -0.39 is 0 Å². The van der Waals surface area contributed by atoms with E-state index in [1.165, 1.54) is 11.3 Å². The molecule has 0 saturated carbocycles. The lowest BCUT2D eigenvalue weighted by atomic mass is 9.97. The van der Waals surface area contributed by atoms with Gasteiger partial charge in [0.15, 0.2) is 5.13 Å². The van der Waals surface area contributed by atoms with Crippen LogP contribution in [-0.4, -0.2) is 41.3 Å². The Morgan fingerprint density at radius 2 is 2.14 bits per heavy atom. The van der Waals surface area contributed by atoms with Crippen molar-refractivity contribution in [1.82, 2.24) is 9.88 Å². The van der Waals surface area contributed by atoms with E-state index in [2.05, 4.69) is 10.3 Å². The molecule has 0 atom stereocenters. The van der Waals surface area contributed by atoms with Crippen molar-refractivity contribution in [2.24, 2.45) is 17.6 Å². The molecule has 0 unspecified atom stereocenters. The van der Waals surface area contributed by atoms with Gasteiger partial charge in [0.05, 0.1) is 12.1 Å². The summed E-state index contributed by atoms with van der Waals surface area (Å²) < 4.78 is 0. The number of anilines is 1. The number of nitrogens with one attached hydrogen (secondary N) is 1. The average molecular weight is 324 g/mol. The Morgan fingerprint density at radius 1 is 1.45 bits per heavy atom. The van der Waals surface area contributed by atoms with Crippen molar-refractivity contribution in [2.45, 2.75) is 33.1 Å². The zero-order valence-electron chi connectivity index (χ0n) is 13.2. The fourth-order valence-corrected chi connectivity index (χ4v) is 3.09. The van der Waals surface area contributed by atoms with Gasteiger partial charge in [-0.3, -0.25) is 9.59 Å². The molecule has 1 aliphatic heterocycles. The lowest BCUT2D eigenvalue weighted by Crippen LogP contribution is -2.40. The van der Waals surface area contributed by atoms with E-state index in [0.29, 0.717) is 24.0 Å². The molecule has 0 aliphatic carbocycles. The van der Waals surface area contributed by atoms with Crippen LogP contribution in [-0.2, 0) is 16.0 Å². The smallest absolute Gasteiger partial charge is 0.228 e. The van der Waals surface area contributed by atoms with Gasteiger partial charge in [-0.1, -0.05) is 13.8 Å². The Labute approximate surface area is 135 Å². The average Bonchev–Trinajstić information content (AvgIpc) is 2.94. The maximum Gasteiger partial charge on any atom is 0.228 e. The van der Waals surface area contributed by atoms with Gasteiger partial charge in [0, 0.05) is 24.4 Å².